The molecule has 0 fully saturated rings. The molecule has 0 amide bonds. The molecule has 80 valence electrons. The third-order valence-corrected chi connectivity index (χ3v) is 2.10. The molecule has 2 atom stereocenters. The summed E-state index contributed by atoms with van der Waals surface area (Å²) >= 11 is 0. The highest BCUT2D eigenvalue weighted by Gasteiger charge is 1.99. The highest BCUT2D eigenvalue weighted by atomic mass is 16.3. The standard InChI is InChI=1S/C10H23NO2/c1-9(8-12)4-3-6-11-7-5-10(2)13/h9-13H,3-8H2,1-2H3. The van der Waals surface area contributed by atoms with Crippen molar-refractivity contribution in [3.63, 3.8) is 0 Å². The first-order valence-electron chi connectivity index (χ1n) is 5.16. The van der Waals surface area contributed by atoms with E-state index in [1.54, 1.807) is 6.92 Å². The summed E-state index contributed by atoms with van der Waals surface area (Å²) in [5, 5.41) is 21.0. The molecule has 3 nitrogen and oxygen atoms in total. The summed E-state index contributed by atoms with van der Waals surface area (Å²) in [6, 6.07) is 0. The van der Waals surface area contributed by atoms with Gasteiger partial charge in [0, 0.05) is 6.61 Å². The van der Waals surface area contributed by atoms with Crippen LogP contribution in [0.2, 0.25) is 0 Å². The predicted octanol–water partition coefficient (Wildman–Crippen LogP) is 0.755. The largest absolute Gasteiger partial charge is 0.396 e. The van der Waals surface area contributed by atoms with Crippen molar-refractivity contribution in [3.8, 4) is 0 Å². The molecular formula is C10H23NO2. The Morgan fingerprint density at radius 1 is 1.15 bits per heavy atom. The van der Waals surface area contributed by atoms with Gasteiger partial charge < -0.3 is 15.5 Å². The van der Waals surface area contributed by atoms with Gasteiger partial charge in [-0.15, -0.1) is 0 Å². The lowest BCUT2D eigenvalue weighted by Gasteiger charge is -2.08. The van der Waals surface area contributed by atoms with E-state index < -0.39 is 0 Å². The van der Waals surface area contributed by atoms with E-state index in [4.69, 9.17) is 10.2 Å². The van der Waals surface area contributed by atoms with Crippen LogP contribution in [-0.2, 0) is 0 Å². The van der Waals surface area contributed by atoms with Gasteiger partial charge in [0.25, 0.3) is 0 Å². The molecule has 3 N–H and O–H groups in total. The second-order valence-corrected chi connectivity index (χ2v) is 3.82. The van der Waals surface area contributed by atoms with Gasteiger partial charge in [-0.25, -0.2) is 0 Å². The first-order chi connectivity index (χ1) is 6.16. The minimum Gasteiger partial charge on any atom is -0.396 e. The van der Waals surface area contributed by atoms with Gasteiger partial charge in [0.2, 0.25) is 0 Å². The molecule has 0 saturated carbocycles. The van der Waals surface area contributed by atoms with E-state index >= 15 is 0 Å². The lowest BCUT2D eigenvalue weighted by molar-refractivity contribution is 0.183. The second-order valence-electron chi connectivity index (χ2n) is 3.82. The molecule has 0 aliphatic carbocycles. The van der Waals surface area contributed by atoms with Crippen molar-refractivity contribution in [2.45, 2.75) is 39.2 Å². The number of nitrogens with one attached hydrogen (secondary N) is 1. The summed E-state index contributed by atoms with van der Waals surface area (Å²) in [4.78, 5) is 0. The normalized spacial score (nSPS) is 15.7. The minimum atomic E-state index is -0.205. The van der Waals surface area contributed by atoms with Gasteiger partial charge in [0.1, 0.15) is 0 Å². The van der Waals surface area contributed by atoms with E-state index in [0.717, 1.165) is 32.4 Å². The first-order valence-corrected chi connectivity index (χ1v) is 5.16. The molecule has 2 unspecified atom stereocenters. The van der Waals surface area contributed by atoms with Crippen molar-refractivity contribution in [1.29, 1.82) is 0 Å². The number of aliphatic hydroxyl groups is 2. The number of aliphatic hydroxyl groups excluding tert-OH is 2. The van der Waals surface area contributed by atoms with Crippen LogP contribution in [0.4, 0.5) is 0 Å². The molecule has 0 aromatic rings. The number of hydrogen-bond acceptors (Lipinski definition) is 3. The highest BCUT2D eigenvalue weighted by molar-refractivity contribution is 4.55. The quantitative estimate of drug-likeness (QED) is 0.494. The van der Waals surface area contributed by atoms with Crippen LogP contribution in [0.25, 0.3) is 0 Å². The Hall–Kier alpha value is -0.120. The van der Waals surface area contributed by atoms with Gasteiger partial charge in [-0.2, -0.15) is 0 Å². The second kappa shape index (κ2) is 8.48. The Morgan fingerprint density at radius 2 is 1.85 bits per heavy atom. The van der Waals surface area contributed by atoms with Crippen LogP contribution < -0.4 is 5.32 Å². The maximum absolute atomic E-state index is 8.96. The maximum atomic E-state index is 8.96. The SMILES string of the molecule is CC(O)CCNCCCC(C)CO. The topological polar surface area (TPSA) is 52.5 Å². The van der Waals surface area contributed by atoms with Gasteiger partial charge in [-0.3, -0.25) is 0 Å². The fourth-order valence-corrected chi connectivity index (χ4v) is 1.10. The van der Waals surface area contributed by atoms with Crippen molar-refractivity contribution in [3.05, 3.63) is 0 Å². The van der Waals surface area contributed by atoms with Crippen molar-refractivity contribution < 1.29 is 10.2 Å². The third kappa shape index (κ3) is 9.80. The summed E-state index contributed by atoms with van der Waals surface area (Å²) in [5.41, 5.74) is 0. The fraction of sp³-hybridized carbons (Fsp3) is 1.00. The molecular weight excluding hydrogens is 166 g/mol. The van der Waals surface area contributed by atoms with Crippen molar-refractivity contribution in [1.82, 2.24) is 5.32 Å². The molecule has 0 aromatic carbocycles. The lowest BCUT2D eigenvalue weighted by atomic mass is 10.1. The predicted molar refractivity (Wildman–Crippen MR) is 54.7 cm³/mol. The maximum Gasteiger partial charge on any atom is 0.0524 e. The zero-order valence-corrected chi connectivity index (χ0v) is 8.79. The van der Waals surface area contributed by atoms with Crippen LogP contribution in [0.3, 0.4) is 0 Å². The molecule has 13 heavy (non-hydrogen) atoms. The molecule has 0 aromatic heterocycles. The summed E-state index contributed by atoms with van der Waals surface area (Å²) < 4.78 is 0. The van der Waals surface area contributed by atoms with Crippen LogP contribution >= 0.6 is 0 Å². The Labute approximate surface area is 81.2 Å². The molecule has 0 rings (SSSR count). The molecule has 3 heteroatoms. The monoisotopic (exact) mass is 189 g/mol. The van der Waals surface area contributed by atoms with E-state index in [0.29, 0.717) is 5.92 Å². The Morgan fingerprint density at radius 3 is 2.38 bits per heavy atom. The highest BCUT2D eigenvalue weighted by Crippen LogP contribution is 2.02. The molecule has 0 aliphatic heterocycles. The number of rotatable bonds is 8. The average molecular weight is 189 g/mol. The molecule has 0 radical (unpaired) electrons. The smallest absolute Gasteiger partial charge is 0.0524 e. The van der Waals surface area contributed by atoms with Crippen molar-refractivity contribution in [2.24, 2.45) is 5.92 Å². The van der Waals surface area contributed by atoms with Crippen LogP contribution in [0, 0.1) is 5.92 Å². The van der Waals surface area contributed by atoms with Crippen LogP contribution in [0.15, 0.2) is 0 Å². The van der Waals surface area contributed by atoms with Crippen molar-refractivity contribution in [2.75, 3.05) is 19.7 Å². The lowest BCUT2D eigenvalue weighted by Crippen LogP contribution is -2.20. The summed E-state index contributed by atoms with van der Waals surface area (Å²) in [7, 11) is 0. The van der Waals surface area contributed by atoms with E-state index in [1.807, 2.05) is 0 Å². The van der Waals surface area contributed by atoms with Gasteiger partial charge >= 0.3 is 0 Å². The zero-order chi connectivity index (χ0) is 10.1. The Balaban J connectivity index is 2.99. The molecule has 0 aliphatic rings. The van der Waals surface area contributed by atoms with Crippen LogP contribution in [-0.4, -0.2) is 36.0 Å². The van der Waals surface area contributed by atoms with Gasteiger partial charge in [-0.05, 0) is 45.2 Å². The molecule has 0 spiro atoms. The van der Waals surface area contributed by atoms with Crippen LogP contribution in [0.1, 0.15) is 33.1 Å². The zero-order valence-electron chi connectivity index (χ0n) is 8.79. The average Bonchev–Trinajstić information content (AvgIpc) is 2.10. The third-order valence-electron chi connectivity index (χ3n) is 2.10. The summed E-state index contributed by atoms with van der Waals surface area (Å²) in [6.07, 6.45) is 2.78. The van der Waals surface area contributed by atoms with E-state index in [2.05, 4.69) is 12.2 Å². The van der Waals surface area contributed by atoms with Crippen molar-refractivity contribution >= 4 is 0 Å². The minimum absolute atomic E-state index is 0.205. The van der Waals surface area contributed by atoms with E-state index in [1.165, 1.54) is 0 Å². The molecule has 0 bridgehead atoms. The molecule has 0 saturated heterocycles. The van der Waals surface area contributed by atoms with Gasteiger partial charge in [0.15, 0.2) is 0 Å². The molecule has 0 heterocycles. The van der Waals surface area contributed by atoms with Gasteiger partial charge in [0.05, 0.1) is 6.10 Å². The Kier molecular flexibility index (Phi) is 8.40. The van der Waals surface area contributed by atoms with E-state index in [9.17, 15) is 0 Å². The Bertz CT molecular complexity index is 107. The number of hydrogen-bond donors (Lipinski definition) is 3. The summed E-state index contributed by atoms with van der Waals surface area (Å²) in [6.45, 7) is 6.00. The van der Waals surface area contributed by atoms with Gasteiger partial charge in [-0.1, -0.05) is 6.92 Å². The fourth-order valence-electron chi connectivity index (χ4n) is 1.10. The first kappa shape index (κ1) is 12.9. The summed E-state index contributed by atoms with van der Waals surface area (Å²) in [5.74, 6) is 0.415. The van der Waals surface area contributed by atoms with E-state index in [-0.39, 0.29) is 12.7 Å². The van der Waals surface area contributed by atoms with Crippen LogP contribution in [0.5, 0.6) is 0 Å².